The fraction of sp³-hybridized carbons (Fsp3) is 0.267. The predicted molar refractivity (Wildman–Crippen MR) is 75.4 cm³/mol. The Kier molecular flexibility index (Phi) is 2.89. The Morgan fingerprint density at radius 2 is 2.00 bits per heavy atom. The smallest absolute Gasteiger partial charge is 0.416 e. The average molecular weight is 269 g/mol. The van der Waals surface area contributed by atoms with Crippen LogP contribution in [-0.4, -0.2) is 28.2 Å². The molecule has 20 heavy (non-hydrogen) atoms. The van der Waals surface area contributed by atoms with E-state index in [0.717, 1.165) is 11.1 Å². The van der Waals surface area contributed by atoms with Crippen molar-refractivity contribution in [3.8, 4) is 11.1 Å². The van der Waals surface area contributed by atoms with Gasteiger partial charge in [-0.1, -0.05) is 6.07 Å². The van der Waals surface area contributed by atoms with E-state index in [1.807, 2.05) is 38.1 Å². The van der Waals surface area contributed by atoms with Gasteiger partial charge in [0.1, 0.15) is 11.4 Å². The number of anilines is 1. The molecule has 1 aliphatic rings. The van der Waals surface area contributed by atoms with E-state index in [0.29, 0.717) is 12.4 Å². The van der Waals surface area contributed by atoms with Crippen molar-refractivity contribution >= 4 is 11.9 Å². The molecule has 1 saturated heterocycles. The summed E-state index contributed by atoms with van der Waals surface area (Å²) in [4.78, 5) is 21.8. The Balaban J connectivity index is 1.86. The van der Waals surface area contributed by atoms with Crippen LogP contribution in [0.2, 0.25) is 0 Å². The molecule has 0 saturated carbocycles. The Bertz CT molecular complexity index is 623. The second-order valence-corrected chi connectivity index (χ2v) is 5.36. The molecule has 0 unspecified atom stereocenters. The average Bonchev–Trinajstić information content (AvgIpc) is 2.73. The van der Waals surface area contributed by atoms with E-state index in [1.54, 1.807) is 23.5 Å². The molecule has 1 fully saturated rings. The van der Waals surface area contributed by atoms with Crippen molar-refractivity contribution in [3.05, 3.63) is 42.9 Å². The van der Waals surface area contributed by atoms with E-state index >= 15 is 0 Å². The van der Waals surface area contributed by atoms with Gasteiger partial charge in [0.05, 0.1) is 6.54 Å². The number of hydrogen-bond acceptors (Lipinski definition) is 4. The number of carbonyl (C=O) groups excluding carboxylic acids is 1. The quantitative estimate of drug-likeness (QED) is 0.841. The Morgan fingerprint density at radius 1 is 1.20 bits per heavy atom. The number of ether oxygens (including phenoxy) is 1. The van der Waals surface area contributed by atoms with Gasteiger partial charge in [0.25, 0.3) is 0 Å². The summed E-state index contributed by atoms with van der Waals surface area (Å²) in [5.74, 6) is 0.605. The van der Waals surface area contributed by atoms with Gasteiger partial charge in [0.2, 0.25) is 0 Å². The first-order valence-electron chi connectivity index (χ1n) is 6.42. The SMILES string of the molecule is CC1(C)CN(c2ccc(-c3cccnc3)cn2)C(=O)O1. The lowest BCUT2D eigenvalue weighted by Crippen LogP contribution is -2.28. The highest BCUT2D eigenvalue weighted by Crippen LogP contribution is 2.27. The zero-order valence-corrected chi connectivity index (χ0v) is 11.4. The van der Waals surface area contributed by atoms with Crippen LogP contribution < -0.4 is 4.90 Å². The van der Waals surface area contributed by atoms with Crippen molar-refractivity contribution in [3.63, 3.8) is 0 Å². The van der Waals surface area contributed by atoms with Crippen LogP contribution in [0.15, 0.2) is 42.9 Å². The van der Waals surface area contributed by atoms with Gasteiger partial charge in [-0.05, 0) is 32.0 Å². The minimum atomic E-state index is -0.471. The summed E-state index contributed by atoms with van der Waals surface area (Å²) in [5.41, 5.74) is 1.49. The van der Waals surface area contributed by atoms with Gasteiger partial charge in [0.15, 0.2) is 0 Å². The zero-order chi connectivity index (χ0) is 14.2. The molecule has 0 atom stereocenters. The summed E-state index contributed by atoms with van der Waals surface area (Å²) in [7, 11) is 0. The van der Waals surface area contributed by atoms with Gasteiger partial charge < -0.3 is 4.74 Å². The third-order valence-electron chi connectivity index (χ3n) is 3.14. The van der Waals surface area contributed by atoms with Crippen molar-refractivity contribution in [2.24, 2.45) is 0 Å². The van der Waals surface area contributed by atoms with Gasteiger partial charge in [0, 0.05) is 29.7 Å². The summed E-state index contributed by atoms with van der Waals surface area (Å²) in [6.07, 6.45) is 4.90. The molecule has 2 aromatic heterocycles. The van der Waals surface area contributed by atoms with E-state index in [4.69, 9.17) is 4.74 Å². The molecule has 1 aliphatic heterocycles. The molecule has 3 heterocycles. The molecule has 0 N–H and O–H groups in total. The molecule has 3 rings (SSSR count). The Labute approximate surface area is 117 Å². The molecule has 0 spiro atoms. The van der Waals surface area contributed by atoms with Crippen molar-refractivity contribution in [1.29, 1.82) is 0 Å². The van der Waals surface area contributed by atoms with Gasteiger partial charge in [-0.2, -0.15) is 0 Å². The van der Waals surface area contributed by atoms with Crippen LogP contribution in [0, 0.1) is 0 Å². The predicted octanol–water partition coefficient (Wildman–Crippen LogP) is 2.88. The second kappa shape index (κ2) is 4.59. The summed E-state index contributed by atoms with van der Waals surface area (Å²) in [6, 6.07) is 7.60. The largest absolute Gasteiger partial charge is 0.441 e. The topological polar surface area (TPSA) is 55.3 Å². The maximum Gasteiger partial charge on any atom is 0.416 e. The summed E-state index contributed by atoms with van der Waals surface area (Å²) in [5, 5.41) is 0. The van der Waals surface area contributed by atoms with E-state index in [9.17, 15) is 4.79 Å². The van der Waals surface area contributed by atoms with Crippen molar-refractivity contribution in [2.75, 3.05) is 11.4 Å². The Hall–Kier alpha value is -2.43. The molecule has 0 aromatic carbocycles. The third kappa shape index (κ3) is 2.34. The van der Waals surface area contributed by atoms with E-state index in [1.165, 1.54) is 0 Å². The van der Waals surface area contributed by atoms with E-state index in [2.05, 4.69) is 9.97 Å². The van der Waals surface area contributed by atoms with Crippen LogP contribution in [0.25, 0.3) is 11.1 Å². The van der Waals surface area contributed by atoms with Crippen molar-refractivity contribution < 1.29 is 9.53 Å². The summed E-state index contributed by atoms with van der Waals surface area (Å²) < 4.78 is 5.27. The first kappa shape index (κ1) is 12.6. The van der Waals surface area contributed by atoms with Gasteiger partial charge >= 0.3 is 6.09 Å². The highest BCUT2D eigenvalue weighted by Gasteiger charge is 2.38. The molecule has 102 valence electrons. The molecule has 5 heteroatoms. The highest BCUT2D eigenvalue weighted by molar-refractivity contribution is 5.89. The fourth-order valence-corrected chi connectivity index (χ4v) is 2.19. The number of rotatable bonds is 2. The monoisotopic (exact) mass is 269 g/mol. The van der Waals surface area contributed by atoms with Crippen LogP contribution in [0.5, 0.6) is 0 Å². The summed E-state index contributed by atoms with van der Waals surface area (Å²) >= 11 is 0. The number of aromatic nitrogens is 2. The molecular weight excluding hydrogens is 254 g/mol. The van der Waals surface area contributed by atoms with Crippen LogP contribution >= 0.6 is 0 Å². The van der Waals surface area contributed by atoms with Gasteiger partial charge in [-0.25, -0.2) is 9.78 Å². The van der Waals surface area contributed by atoms with E-state index < -0.39 is 5.60 Å². The maximum atomic E-state index is 11.8. The molecule has 1 amide bonds. The number of carbonyl (C=O) groups is 1. The lowest BCUT2D eigenvalue weighted by atomic mass is 10.1. The van der Waals surface area contributed by atoms with Crippen molar-refractivity contribution in [2.45, 2.75) is 19.4 Å². The van der Waals surface area contributed by atoms with Gasteiger partial charge in [-0.3, -0.25) is 9.88 Å². The Morgan fingerprint density at radius 3 is 2.55 bits per heavy atom. The van der Waals surface area contributed by atoms with Crippen LogP contribution in [-0.2, 0) is 4.74 Å². The number of nitrogens with zero attached hydrogens (tertiary/aromatic N) is 3. The normalized spacial score (nSPS) is 17.1. The standard InChI is InChI=1S/C15H15N3O2/c1-15(2)10-18(14(19)20-15)13-6-5-12(9-17-13)11-4-3-7-16-8-11/h3-9H,10H2,1-2H3. The first-order valence-corrected chi connectivity index (χ1v) is 6.42. The minimum absolute atomic E-state index is 0.350. The minimum Gasteiger partial charge on any atom is -0.441 e. The first-order chi connectivity index (χ1) is 9.55. The van der Waals surface area contributed by atoms with Crippen LogP contribution in [0.1, 0.15) is 13.8 Å². The zero-order valence-electron chi connectivity index (χ0n) is 11.4. The van der Waals surface area contributed by atoms with Crippen LogP contribution in [0.3, 0.4) is 0 Å². The maximum absolute atomic E-state index is 11.8. The molecule has 0 aliphatic carbocycles. The number of cyclic esters (lactones) is 1. The number of pyridine rings is 2. The highest BCUT2D eigenvalue weighted by atomic mass is 16.6. The lowest BCUT2D eigenvalue weighted by Gasteiger charge is -2.15. The van der Waals surface area contributed by atoms with Gasteiger partial charge in [-0.15, -0.1) is 0 Å². The number of hydrogen-bond donors (Lipinski definition) is 0. The van der Waals surface area contributed by atoms with Crippen LogP contribution in [0.4, 0.5) is 10.6 Å². The second-order valence-electron chi connectivity index (χ2n) is 5.36. The molecule has 0 bridgehead atoms. The fourth-order valence-electron chi connectivity index (χ4n) is 2.19. The molecular formula is C15H15N3O2. The molecule has 2 aromatic rings. The number of amides is 1. The molecule has 5 nitrogen and oxygen atoms in total. The molecule has 0 radical (unpaired) electrons. The third-order valence-corrected chi connectivity index (χ3v) is 3.14. The summed E-state index contributed by atoms with van der Waals surface area (Å²) in [6.45, 7) is 4.27. The lowest BCUT2D eigenvalue weighted by molar-refractivity contribution is 0.0871. The van der Waals surface area contributed by atoms with Crippen molar-refractivity contribution in [1.82, 2.24) is 9.97 Å². The van der Waals surface area contributed by atoms with E-state index in [-0.39, 0.29) is 6.09 Å².